The molecule has 0 unspecified atom stereocenters. The highest BCUT2D eigenvalue weighted by molar-refractivity contribution is 6.32. The summed E-state index contributed by atoms with van der Waals surface area (Å²) in [6.07, 6.45) is 0. The number of hydrogen-bond donors (Lipinski definition) is 0. The highest BCUT2D eigenvalue weighted by atomic mass is 35.5. The smallest absolute Gasteiger partial charge is 0.288 e. The minimum absolute atomic E-state index is 0.0179. The maximum Gasteiger partial charge on any atom is 0.288 e. The largest absolute Gasteiger partial charge is 0.352 e. The lowest BCUT2D eigenvalue weighted by Crippen LogP contribution is -2.49. The number of benzene rings is 1. The van der Waals surface area contributed by atoms with Crippen LogP contribution in [0.3, 0.4) is 0 Å². The number of nitro benzene ring substituents is 1. The van der Waals surface area contributed by atoms with E-state index in [9.17, 15) is 14.9 Å². The Bertz CT molecular complexity index is 804. The van der Waals surface area contributed by atoms with Crippen LogP contribution in [0.5, 0.6) is 0 Å². The first kappa shape index (κ1) is 17.1. The third kappa shape index (κ3) is 3.69. The summed E-state index contributed by atoms with van der Waals surface area (Å²) in [5.74, 6) is 0.536. The number of carbonyl (C=O) groups excluding carboxylic acids is 1. The summed E-state index contributed by atoms with van der Waals surface area (Å²) < 4.78 is 0. The van der Waals surface area contributed by atoms with Crippen molar-refractivity contribution < 1.29 is 9.72 Å². The number of hydrogen-bond acceptors (Lipinski definition) is 6. The van der Waals surface area contributed by atoms with Crippen molar-refractivity contribution in [2.75, 3.05) is 31.1 Å². The van der Waals surface area contributed by atoms with Crippen LogP contribution in [0.15, 0.2) is 30.3 Å². The molecule has 2 aromatic rings. The van der Waals surface area contributed by atoms with Crippen LogP contribution in [-0.4, -0.2) is 52.1 Å². The Morgan fingerprint density at radius 2 is 1.88 bits per heavy atom. The van der Waals surface area contributed by atoms with Gasteiger partial charge in [0.1, 0.15) is 5.02 Å². The van der Waals surface area contributed by atoms with Gasteiger partial charge in [0, 0.05) is 37.8 Å². The van der Waals surface area contributed by atoms with E-state index in [2.05, 4.69) is 15.1 Å². The van der Waals surface area contributed by atoms with E-state index in [1.165, 1.54) is 18.2 Å². The Hall–Kier alpha value is -2.74. The first-order chi connectivity index (χ1) is 12.0. The summed E-state index contributed by atoms with van der Waals surface area (Å²) >= 11 is 5.79. The molecule has 130 valence electrons. The second-order valence-corrected chi connectivity index (χ2v) is 6.14. The van der Waals surface area contributed by atoms with Crippen LogP contribution in [0.2, 0.25) is 5.02 Å². The molecule has 1 aliphatic heterocycles. The Labute approximate surface area is 149 Å². The van der Waals surface area contributed by atoms with Gasteiger partial charge in [0.15, 0.2) is 5.82 Å². The number of anilines is 1. The van der Waals surface area contributed by atoms with Crippen LogP contribution in [0, 0.1) is 17.0 Å². The molecule has 1 saturated heterocycles. The van der Waals surface area contributed by atoms with Crippen LogP contribution in [0.4, 0.5) is 11.5 Å². The zero-order valence-corrected chi connectivity index (χ0v) is 14.3. The zero-order chi connectivity index (χ0) is 18.0. The number of aromatic nitrogens is 2. The fourth-order valence-corrected chi connectivity index (χ4v) is 2.85. The summed E-state index contributed by atoms with van der Waals surface area (Å²) in [7, 11) is 0. The summed E-state index contributed by atoms with van der Waals surface area (Å²) in [6.45, 7) is 4.13. The first-order valence-corrected chi connectivity index (χ1v) is 8.12. The number of amides is 1. The molecule has 0 atom stereocenters. The van der Waals surface area contributed by atoms with Crippen LogP contribution < -0.4 is 4.90 Å². The first-order valence-electron chi connectivity index (χ1n) is 7.74. The molecule has 8 nitrogen and oxygen atoms in total. The molecule has 1 aromatic heterocycles. The highest BCUT2D eigenvalue weighted by Gasteiger charge is 2.25. The van der Waals surface area contributed by atoms with Crippen molar-refractivity contribution in [1.29, 1.82) is 0 Å². The molecule has 2 heterocycles. The zero-order valence-electron chi connectivity index (χ0n) is 13.6. The molecule has 0 spiro atoms. The van der Waals surface area contributed by atoms with E-state index >= 15 is 0 Å². The second kappa shape index (κ2) is 7.02. The molecular weight excluding hydrogens is 346 g/mol. The van der Waals surface area contributed by atoms with Gasteiger partial charge in [-0.25, -0.2) is 0 Å². The van der Waals surface area contributed by atoms with Gasteiger partial charge in [-0.05, 0) is 31.2 Å². The lowest BCUT2D eigenvalue weighted by molar-refractivity contribution is -0.384. The summed E-state index contributed by atoms with van der Waals surface area (Å²) in [5.41, 5.74) is 0.850. The van der Waals surface area contributed by atoms with Gasteiger partial charge in [0.25, 0.3) is 11.6 Å². The summed E-state index contributed by atoms with van der Waals surface area (Å²) in [5, 5.41) is 19.2. The monoisotopic (exact) mass is 361 g/mol. The van der Waals surface area contributed by atoms with E-state index in [1.807, 2.05) is 19.1 Å². The van der Waals surface area contributed by atoms with Gasteiger partial charge in [-0.2, -0.15) is 5.10 Å². The van der Waals surface area contributed by atoms with Crippen LogP contribution in [-0.2, 0) is 0 Å². The number of piperazine rings is 1. The maximum absolute atomic E-state index is 12.6. The quantitative estimate of drug-likeness (QED) is 0.615. The van der Waals surface area contributed by atoms with E-state index in [0.29, 0.717) is 26.2 Å². The summed E-state index contributed by atoms with van der Waals surface area (Å²) in [4.78, 5) is 26.7. The number of carbonyl (C=O) groups is 1. The van der Waals surface area contributed by atoms with Crippen molar-refractivity contribution in [1.82, 2.24) is 15.1 Å². The molecule has 1 fully saturated rings. The van der Waals surface area contributed by atoms with Crippen LogP contribution in [0.1, 0.15) is 16.1 Å². The maximum atomic E-state index is 12.6. The minimum Gasteiger partial charge on any atom is -0.352 e. The normalized spacial score (nSPS) is 14.5. The highest BCUT2D eigenvalue weighted by Crippen LogP contribution is 2.26. The summed E-state index contributed by atoms with van der Waals surface area (Å²) in [6, 6.07) is 7.91. The molecule has 0 aliphatic carbocycles. The molecule has 9 heteroatoms. The van der Waals surface area contributed by atoms with Crippen LogP contribution >= 0.6 is 11.6 Å². The van der Waals surface area contributed by atoms with Gasteiger partial charge in [-0.15, -0.1) is 5.10 Å². The number of nitro groups is 1. The SMILES string of the molecule is Cc1ccc(N2CCN(C(=O)c3ccc(Cl)c([N+](=O)[O-])c3)CC2)nn1. The van der Waals surface area contributed by atoms with Gasteiger partial charge >= 0.3 is 0 Å². The molecule has 1 amide bonds. The van der Waals surface area contributed by atoms with E-state index in [4.69, 9.17) is 11.6 Å². The Balaban J connectivity index is 1.68. The van der Waals surface area contributed by atoms with E-state index < -0.39 is 4.92 Å². The third-order valence-corrected chi connectivity index (χ3v) is 4.38. The van der Waals surface area contributed by atoms with Crippen molar-refractivity contribution in [2.24, 2.45) is 0 Å². The molecule has 0 N–H and O–H groups in total. The van der Waals surface area contributed by atoms with Crippen molar-refractivity contribution in [3.8, 4) is 0 Å². The molecule has 25 heavy (non-hydrogen) atoms. The van der Waals surface area contributed by atoms with Crippen molar-refractivity contribution in [3.05, 3.63) is 56.7 Å². The predicted molar refractivity (Wildman–Crippen MR) is 93.0 cm³/mol. The fraction of sp³-hybridized carbons (Fsp3) is 0.312. The molecule has 3 rings (SSSR count). The van der Waals surface area contributed by atoms with Crippen molar-refractivity contribution in [3.63, 3.8) is 0 Å². The second-order valence-electron chi connectivity index (χ2n) is 5.74. The molecule has 0 bridgehead atoms. The lowest BCUT2D eigenvalue weighted by Gasteiger charge is -2.35. The number of halogens is 1. The molecule has 0 radical (unpaired) electrons. The van der Waals surface area contributed by atoms with Gasteiger partial charge in [0.05, 0.1) is 10.6 Å². The average molecular weight is 362 g/mol. The fourth-order valence-electron chi connectivity index (χ4n) is 2.67. The number of nitrogens with zero attached hydrogens (tertiary/aromatic N) is 5. The topological polar surface area (TPSA) is 92.5 Å². The third-order valence-electron chi connectivity index (χ3n) is 4.06. The van der Waals surface area contributed by atoms with Gasteiger partial charge in [-0.1, -0.05) is 11.6 Å². The molecule has 0 saturated carbocycles. The van der Waals surface area contributed by atoms with Crippen molar-refractivity contribution in [2.45, 2.75) is 6.92 Å². The Kier molecular flexibility index (Phi) is 4.80. The Morgan fingerprint density at radius 3 is 2.48 bits per heavy atom. The van der Waals surface area contributed by atoms with E-state index in [-0.39, 0.29) is 22.2 Å². The van der Waals surface area contributed by atoms with Crippen molar-refractivity contribution >= 4 is 29.0 Å². The minimum atomic E-state index is -0.590. The van der Waals surface area contributed by atoms with Crippen LogP contribution in [0.25, 0.3) is 0 Å². The van der Waals surface area contributed by atoms with Gasteiger partial charge in [0.2, 0.25) is 0 Å². The van der Waals surface area contributed by atoms with E-state index in [0.717, 1.165) is 11.5 Å². The predicted octanol–water partition coefficient (Wildman–Crippen LogP) is 2.31. The van der Waals surface area contributed by atoms with Gasteiger partial charge in [-0.3, -0.25) is 14.9 Å². The van der Waals surface area contributed by atoms with Gasteiger partial charge < -0.3 is 9.80 Å². The Morgan fingerprint density at radius 1 is 1.16 bits per heavy atom. The number of rotatable bonds is 3. The number of aryl methyl sites for hydroxylation is 1. The molecule has 1 aliphatic rings. The standard InChI is InChI=1S/C16H16ClN5O3/c1-11-2-5-15(19-18-11)20-6-8-21(9-7-20)16(23)12-3-4-13(17)14(10-12)22(24)25/h2-5,10H,6-9H2,1H3. The molecule has 1 aromatic carbocycles. The van der Waals surface area contributed by atoms with E-state index in [1.54, 1.807) is 4.90 Å². The molecular formula is C16H16ClN5O3. The average Bonchev–Trinajstić information content (AvgIpc) is 2.62. The lowest BCUT2D eigenvalue weighted by atomic mass is 10.1.